The molecule has 0 spiro atoms. The average Bonchev–Trinajstić information content (AvgIpc) is 3.35. The zero-order chi connectivity index (χ0) is 26.1. The highest BCUT2D eigenvalue weighted by molar-refractivity contribution is 6.31. The van der Waals surface area contributed by atoms with Crippen LogP contribution < -0.4 is 20.1 Å². The number of benzene rings is 2. The van der Waals surface area contributed by atoms with Crippen molar-refractivity contribution in [3.8, 4) is 11.5 Å². The fourth-order valence-electron chi connectivity index (χ4n) is 4.33. The molecule has 1 atom stereocenters. The van der Waals surface area contributed by atoms with Gasteiger partial charge in [-0.25, -0.2) is 4.79 Å². The van der Waals surface area contributed by atoms with Gasteiger partial charge in [0.1, 0.15) is 0 Å². The van der Waals surface area contributed by atoms with Crippen molar-refractivity contribution in [2.45, 2.75) is 52.1 Å². The van der Waals surface area contributed by atoms with E-state index in [1.165, 1.54) is 6.08 Å². The minimum atomic E-state index is -0.307. The Labute approximate surface area is 218 Å². The Balaban J connectivity index is 1.85. The second-order valence-electron chi connectivity index (χ2n) is 9.27. The van der Waals surface area contributed by atoms with E-state index in [2.05, 4.69) is 31.1 Å². The molecule has 3 amide bonds. The number of anilines is 1. The highest BCUT2D eigenvalue weighted by atomic mass is 35.5. The first kappa shape index (κ1) is 27.4. The van der Waals surface area contributed by atoms with E-state index >= 15 is 0 Å². The molecule has 1 saturated heterocycles. The summed E-state index contributed by atoms with van der Waals surface area (Å²) in [6.07, 6.45) is 4.90. The standard InChI is InChI=1S/C28H36ClN3O4/c1-5-27(33)30-18-20-16-25(35-4)26(36-15-9-10-19(2)3)17-23(20)31-28(34)32-14-8-13-24(32)21-11-6-7-12-22(21)29/h5-7,11-12,16-17,19,24H,1,8-10,13-15,18H2,2-4H3,(H,30,33)(H,31,34)/t24-/m1/s1. The predicted molar refractivity (Wildman–Crippen MR) is 144 cm³/mol. The lowest BCUT2D eigenvalue weighted by Crippen LogP contribution is -2.35. The Morgan fingerprint density at radius 1 is 1.25 bits per heavy atom. The van der Waals surface area contributed by atoms with Gasteiger partial charge < -0.3 is 25.0 Å². The van der Waals surface area contributed by atoms with Gasteiger partial charge in [-0.3, -0.25) is 4.79 Å². The molecule has 1 aliphatic rings. The number of carbonyl (C=O) groups is 2. The summed E-state index contributed by atoms with van der Waals surface area (Å²) in [4.78, 5) is 27.1. The highest BCUT2D eigenvalue weighted by Crippen LogP contribution is 2.38. The molecule has 0 saturated carbocycles. The number of urea groups is 1. The maximum Gasteiger partial charge on any atom is 0.322 e. The Kier molecular flexibility index (Phi) is 10.1. The average molecular weight is 514 g/mol. The number of nitrogens with one attached hydrogen (secondary N) is 2. The topological polar surface area (TPSA) is 79.9 Å². The van der Waals surface area contributed by atoms with Gasteiger partial charge in [0.05, 0.1) is 25.4 Å². The molecule has 2 aromatic carbocycles. The van der Waals surface area contributed by atoms with Crippen LogP contribution in [0.1, 0.15) is 56.7 Å². The zero-order valence-electron chi connectivity index (χ0n) is 21.3. The second kappa shape index (κ2) is 13.2. The van der Waals surface area contributed by atoms with Crippen molar-refractivity contribution in [1.82, 2.24) is 10.2 Å². The van der Waals surface area contributed by atoms with Gasteiger partial charge in [0.25, 0.3) is 0 Å². The first-order valence-electron chi connectivity index (χ1n) is 12.4. The van der Waals surface area contributed by atoms with Crippen LogP contribution in [0.15, 0.2) is 49.1 Å². The Bertz CT molecular complexity index is 1070. The van der Waals surface area contributed by atoms with Gasteiger partial charge in [-0.1, -0.05) is 50.2 Å². The number of methoxy groups -OCH3 is 1. The number of hydrogen-bond acceptors (Lipinski definition) is 4. The molecule has 2 N–H and O–H groups in total. The van der Waals surface area contributed by atoms with Crippen LogP contribution in [-0.2, 0) is 11.3 Å². The lowest BCUT2D eigenvalue weighted by molar-refractivity contribution is -0.116. The molecule has 0 aromatic heterocycles. The van der Waals surface area contributed by atoms with E-state index in [0.29, 0.717) is 46.8 Å². The summed E-state index contributed by atoms with van der Waals surface area (Å²) in [7, 11) is 1.57. The molecule has 2 aromatic rings. The van der Waals surface area contributed by atoms with Crippen LogP contribution in [0.4, 0.5) is 10.5 Å². The number of nitrogens with zero attached hydrogens (tertiary/aromatic N) is 1. The maximum absolute atomic E-state index is 13.5. The van der Waals surface area contributed by atoms with Crippen LogP contribution in [0, 0.1) is 5.92 Å². The van der Waals surface area contributed by atoms with Gasteiger partial charge in [0, 0.05) is 24.2 Å². The van der Waals surface area contributed by atoms with E-state index in [0.717, 1.165) is 31.2 Å². The monoisotopic (exact) mass is 513 g/mol. The number of carbonyl (C=O) groups excluding carboxylic acids is 2. The number of likely N-dealkylation sites (tertiary alicyclic amines) is 1. The van der Waals surface area contributed by atoms with Crippen LogP contribution in [0.5, 0.6) is 11.5 Å². The van der Waals surface area contributed by atoms with Crippen LogP contribution in [0.25, 0.3) is 0 Å². The summed E-state index contributed by atoms with van der Waals surface area (Å²) < 4.78 is 11.6. The summed E-state index contributed by atoms with van der Waals surface area (Å²) in [6, 6.07) is 10.8. The Hall–Kier alpha value is -3.19. The van der Waals surface area contributed by atoms with Crippen molar-refractivity contribution in [3.05, 3.63) is 65.2 Å². The first-order valence-corrected chi connectivity index (χ1v) is 12.8. The van der Waals surface area contributed by atoms with Crippen molar-refractivity contribution in [3.63, 3.8) is 0 Å². The van der Waals surface area contributed by atoms with Gasteiger partial charge in [-0.15, -0.1) is 0 Å². The molecule has 0 radical (unpaired) electrons. The largest absolute Gasteiger partial charge is 0.493 e. The van der Waals surface area contributed by atoms with E-state index in [1.807, 2.05) is 24.3 Å². The Morgan fingerprint density at radius 2 is 2.03 bits per heavy atom. The third-order valence-corrected chi connectivity index (χ3v) is 6.58. The lowest BCUT2D eigenvalue weighted by Gasteiger charge is -2.27. The number of amides is 3. The molecule has 36 heavy (non-hydrogen) atoms. The van der Waals surface area contributed by atoms with Crippen molar-refractivity contribution < 1.29 is 19.1 Å². The molecule has 194 valence electrons. The van der Waals surface area contributed by atoms with Gasteiger partial charge >= 0.3 is 6.03 Å². The molecular formula is C28H36ClN3O4. The summed E-state index contributed by atoms with van der Waals surface area (Å²) in [5.41, 5.74) is 2.18. The third kappa shape index (κ3) is 7.17. The molecule has 1 fully saturated rings. The Morgan fingerprint density at radius 3 is 2.72 bits per heavy atom. The lowest BCUT2D eigenvalue weighted by atomic mass is 10.0. The van der Waals surface area contributed by atoms with Gasteiger partial charge in [-0.05, 0) is 60.9 Å². The number of hydrogen-bond donors (Lipinski definition) is 2. The summed E-state index contributed by atoms with van der Waals surface area (Å²) >= 11 is 6.44. The SMILES string of the molecule is C=CC(=O)NCc1cc(OC)c(OCCCC(C)C)cc1NC(=O)N1CCC[C@@H]1c1ccccc1Cl. The number of halogens is 1. The van der Waals surface area contributed by atoms with Crippen LogP contribution in [-0.4, -0.2) is 37.1 Å². The molecule has 0 bridgehead atoms. The highest BCUT2D eigenvalue weighted by Gasteiger charge is 2.31. The van der Waals surface area contributed by atoms with E-state index in [4.69, 9.17) is 21.1 Å². The predicted octanol–water partition coefficient (Wildman–Crippen LogP) is 6.33. The third-order valence-electron chi connectivity index (χ3n) is 6.23. The molecule has 0 aliphatic carbocycles. The summed E-state index contributed by atoms with van der Waals surface area (Å²) in [5.74, 6) is 1.36. The fourth-order valence-corrected chi connectivity index (χ4v) is 4.59. The van der Waals surface area contributed by atoms with Gasteiger partial charge in [-0.2, -0.15) is 0 Å². The van der Waals surface area contributed by atoms with Crippen molar-refractivity contribution in [1.29, 1.82) is 0 Å². The van der Waals surface area contributed by atoms with E-state index in [1.54, 1.807) is 24.1 Å². The quantitative estimate of drug-likeness (QED) is 0.271. The molecule has 1 heterocycles. The zero-order valence-corrected chi connectivity index (χ0v) is 22.1. The van der Waals surface area contributed by atoms with E-state index in [-0.39, 0.29) is 24.5 Å². The van der Waals surface area contributed by atoms with E-state index < -0.39 is 0 Å². The fraction of sp³-hybridized carbons (Fsp3) is 0.429. The summed E-state index contributed by atoms with van der Waals surface area (Å²) in [5, 5.41) is 6.47. The van der Waals surface area contributed by atoms with E-state index in [9.17, 15) is 9.59 Å². The van der Waals surface area contributed by atoms with Gasteiger partial charge in [0.2, 0.25) is 5.91 Å². The normalized spacial score (nSPS) is 15.0. The van der Waals surface area contributed by atoms with Gasteiger partial charge in [0.15, 0.2) is 11.5 Å². The van der Waals surface area contributed by atoms with Crippen molar-refractivity contribution in [2.24, 2.45) is 5.92 Å². The number of ether oxygens (including phenoxy) is 2. The van der Waals surface area contributed by atoms with Crippen LogP contribution >= 0.6 is 11.6 Å². The molecular weight excluding hydrogens is 478 g/mol. The number of rotatable bonds is 11. The maximum atomic E-state index is 13.5. The minimum absolute atomic E-state index is 0.104. The molecule has 0 unspecified atom stereocenters. The van der Waals surface area contributed by atoms with Crippen molar-refractivity contribution in [2.75, 3.05) is 25.6 Å². The molecule has 1 aliphatic heterocycles. The summed E-state index contributed by atoms with van der Waals surface area (Å²) in [6.45, 7) is 9.20. The molecule has 3 rings (SSSR count). The first-order chi connectivity index (χ1) is 17.3. The van der Waals surface area contributed by atoms with Crippen molar-refractivity contribution >= 4 is 29.2 Å². The molecule has 8 heteroatoms. The minimum Gasteiger partial charge on any atom is -0.493 e. The molecule has 7 nitrogen and oxygen atoms in total. The second-order valence-corrected chi connectivity index (χ2v) is 9.68. The van der Waals surface area contributed by atoms with Crippen LogP contribution in [0.2, 0.25) is 5.02 Å². The smallest absolute Gasteiger partial charge is 0.322 e. The van der Waals surface area contributed by atoms with Crippen LogP contribution in [0.3, 0.4) is 0 Å².